The number of carboxylic acid groups (broad SMARTS) is 1. The second-order valence-corrected chi connectivity index (χ2v) is 10.6. The van der Waals surface area contributed by atoms with E-state index in [0.717, 1.165) is 5.56 Å². The first-order valence-corrected chi connectivity index (χ1v) is 12.4. The van der Waals surface area contributed by atoms with E-state index in [1.165, 1.54) is 15.9 Å². The highest BCUT2D eigenvalue weighted by Gasteiger charge is 2.36. The molecular weight excluding hydrogens is 552 g/mol. The summed E-state index contributed by atoms with van der Waals surface area (Å²) in [7, 11) is -3.84. The maximum absolute atomic E-state index is 12.9. The second kappa shape index (κ2) is 9.99. The van der Waals surface area contributed by atoms with Crippen LogP contribution in [0.1, 0.15) is 12.0 Å². The SMILES string of the molecule is N#CN1C[C@H](NS(=O)(=O)c2cc(Br)ccc2Br)C[C@@H]1CN(Cc1ccccc1)C(=O)O. The first-order valence-electron chi connectivity index (χ1n) is 9.35. The predicted molar refractivity (Wildman–Crippen MR) is 122 cm³/mol. The molecule has 0 spiro atoms. The van der Waals surface area contributed by atoms with Gasteiger partial charge in [0.25, 0.3) is 0 Å². The van der Waals surface area contributed by atoms with Crippen LogP contribution in [0.25, 0.3) is 0 Å². The van der Waals surface area contributed by atoms with E-state index < -0.39 is 28.2 Å². The number of nitrogens with zero attached hydrogens (tertiary/aromatic N) is 3. The van der Waals surface area contributed by atoms with Gasteiger partial charge in [-0.25, -0.2) is 17.9 Å². The van der Waals surface area contributed by atoms with Gasteiger partial charge >= 0.3 is 6.09 Å². The van der Waals surface area contributed by atoms with Gasteiger partial charge < -0.3 is 14.9 Å². The van der Waals surface area contributed by atoms with Crippen molar-refractivity contribution in [3.8, 4) is 6.19 Å². The van der Waals surface area contributed by atoms with Crippen LogP contribution in [0, 0.1) is 11.5 Å². The van der Waals surface area contributed by atoms with Gasteiger partial charge in [-0.2, -0.15) is 5.26 Å². The summed E-state index contributed by atoms with van der Waals surface area (Å²) in [6, 6.07) is 13.1. The summed E-state index contributed by atoms with van der Waals surface area (Å²) >= 11 is 6.53. The van der Waals surface area contributed by atoms with E-state index in [1.807, 2.05) is 30.3 Å². The minimum Gasteiger partial charge on any atom is -0.465 e. The molecule has 1 fully saturated rings. The van der Waals surface area contributed by atoms with Gasteiger partial charge in [0, 0.05) is 34.6 Å². The third-order valence-electron chi connectivity index (χ3n) is 4.97. The first kappa shape index (κ1) is 23.5. The maximum Gasteiger partial charge on any atom is 0.407 e. The van der Waals surface area contributed by atoms with Gasteiger partial charge in [0.1, 0.15) is 0 Å². The van der Waals surface area contributed by atoms with Crippen LogP contribution >= 0.6 is 31.9 Å². The average Bonchev–Trinajstić information content (AvgIpc) is 3.10. The highest BCUT2D eigenvalue weighted by molar-refractivity contribution is 9.11. The number of nitrogens with one attached hydrogen (secondary N) is 1. The zero-order valence-electron chi connectivity index (χ0n) is 16.3. The van der Waals surface area contributed by atoms with E-state index in [0.29, 0.717) is 15.4 Å². The molecule has 11 heteroatoms. The van der Waals surface area contributed by atoms with Gasteiger partial charge in [-0.3, -0.25) is 0 Å². The van der Waals surface area contributed by atoms with Gasteiger partial charge in [-0.1, -0.05) is 46.3 Å². The summed E-state index contributed by atoms with van der Waals surface area (Å²) in [5.74, 6) is 0. The fourth-order valence-electron chi connectivity index (χ4n) is 3.53. The molecule has 0 radical (unpaired) electrons. The molecular formula is C20H20Br2N4O4S. The summed E-state index contributed by atoms with van der Waals surface area (Å²) in [4.78, 5) is 14.5. The molecule has 2 aromatic rings. The van der Waals surface area contributed by atoms with Crippen molar-refractivity contribution in [2.45, 2.75) is 29.9 Å². The molecule has 2 atom stereocenters. The quantitative estimate of drug-likeness (QED) is 0.491. The average molecular weight is 572 g/mol. The van der Waals surface area contributed by atoms with Gasteiger partial charge in [0.2, 0.25) is 10.0 Å². The van der Waals surface area contributed by atoms with Gasteiger partial charge in [-0.15, -0.1) is 0 Å². The van der Waals surface area contributed by atoms with E-state index in [2.05, 4.69) is 42.8 Å². The molecule has 2 N–H and O–H groups in total. The molecule has 1 aliphatic rings. The number of amides is 1. The van der Waals surface area contributed by atoms with Crippen LogP contribution in [-0.4, -0.2) is 54.6 Å². The Kier molecular flexibility index (Phi) is 7.59. The fraction of sp³-hybridized carbons (Fsp3) is 0.300. The highest BCUT2D eigenvalue weighted by Crippen LogP contribution is 2.27. The first-order chi connectivity index (χ1) is 14.7. The number of nitriles is 1. The topological polar surface area (TPSA) is 114 Å². The third-order valence-corrected chi connectivity index (χ3v) is 7.97. The highest BCUT2D eigenvalue weighted by atomic mass is 79.9. The lowest BCUT2D eigenvalue weighted by Gasteiger charge is -2.26. The number of hydrogen-bond acceptors (Lipinski definition) is 5. The third kappa shape index (κ3) is 5.98. The molecule has 2 aromatic carbocycles. The van der Waals surface area contributed by atoms with Crippen molar-refractivity contribution in [1.82, 2.24) is 14.5 Å². The van der Waals surface area contributed by atoms with Crippen LogP contribution in [0.15, 0.2) is 62.4 Å². The Morgan fingerprint density at radius 3 is 2.61 bits per heavy atom. The van der Waals surface area contributed by atoms with E-state index in [-0.39, 0.29) is 24.5 Å². The Balaban J connectivity index is 1.72. The maximum atomic E-state index is 12.9. The van der Waals surface area contributed by atoms with Gasteiger partial charge in [0.05, 0.1) is 10.9 Å². The monoisotopic (exact) mass is 570 g/mol. The lowest BCUT2D eigenvalue weighted by atomic mass is 10.1. The largest absolute Gasteiger partial charge is 0.465 e. The number of halogens is 2. The number of hydrogen-bond donors (Lipinski definition) is 2. The van der Waals surface area contributed by atoms with Crippen molar-refractivity contribution in [3.63, 3.8) is 0 Å². The Morgan fingerprint density at radius 2 is 1.97 bits per heavy atom. The Hall–Kier alpha value is -2.13. The fourth-order valence-corrected chi connectivity index (χ4v) is 6.27. The van der Waals surface area contributed by atoms with Crippen LogP contribution in [0.2, 0.25) is 0 Å². The molecule has 31 heavy (non-hydrogen) atoms. The molecule has 0 unspecified atom stereocenters. The number of likely N-dealkylation sites (tertiary alicyclic amines) is 1. The molecule has 0 saturated carbocycles. The van der Waals surface area contributed by atoms with E-state index >= 15 is 0 Å². The number of sulfonamides is 1. The second-order valence-electron chi connectivity index (χ2n) is 7.18. The molecule has 0 aliphatic carbocycles. The molecule has 1 saturated heterocycles. The number of rotatable bonds is 7. The van der Waals surface area contributed by atoms with Crippen LogP contribution in [0.5, 0.6) is 0 Å². The Bertz CT molecular complexity index is 1090. The van der Waals surface area contributed by atoms with Crippen molar-refractivity contribution in [1.29, 1.82) is 5.26 Å². The summed E-state index contributed by atoms with van der Waals surface area (Å²) in [6.07, 6.45) is 1.28. The van der Waals surface area contributed by atoms with Crippen molar-refractivity contribution in [2.24, 2.45) is 0 Å². The van der Waals surface area contributed by atoms with Crippen LogP contribution < -0.4 is 4.72 Å². The Labute approximate surface area is 197 Å². The van der Waals surface area contributed by atoms with Crippen molar-refractivity contribution in [2.75, 3.05) is 13.1 Å². The minimum absolute atomic E-state index is 0.0880. The summed E-state index contributed by atoms with van der Waals surface area (Å²) in [6.45, 7) is 0.453. The number of benzene rings is 2. The van der Waals surface area contributed by atoms with Crippen molar-refractivity contribution >= 4 is 48.0 Å². The molecule has 0 bridgehead atoms. The molecule has 1 heterocycles. The zero-order chi connectivity index (χ0) is 22.6. The minimum atomic E-state index is -3.84. The van der Waals surface area contributed by atoms with Crippen LogP contribution in [0.3, 0.4) is 0 Å². The van der Waals surface area contributed by atoms with E-state index in [9.17, 15) is 23.6 Å². The smallest absolute Gasteiger partial charge is 0.407 e. The van der Waals surface area contributed by atoms with Crippen molar-refractivity contribution < 1.29 is 18.3 Å². The summed E-state index contributed by atoms with van der Waals surface area (Å²) < 4.78 is 29.4. The lowest BCUT2D eigenvalue weighted by molar-refractivity contribution is 0.130. The number of carbonyl (C=O) groups is 1. The van der Waals surface area contributed by atoms with Gasteiger partial charge in [-0.05, 0) is 46.1 Å². The normalized spacial score (nSPS) is 18.5. The van der Waals surface area contributed by atoms with Gasteiger partial charge in [0.15, 0.2) is 6.19 Å². The molecule has 8 nitrogen and oxygen atoms in total. The lowest BCUT2D eigenvalue weighted by Crippen LogP contribution is -2.40. The predicted octanol–water partition coefficient (Wildman–Crippen LogP) is 3.59. The summed E-state index contributed by atoms with van der Waals surface area (Å²) in [5, 5.41) is 19.1. The molecule has 3 rings (SSSR count). The van der Waals surface area contributed by atoms with E-state index in [1.54, 1.807) is 12.1 Å². The van der Waals surface area contributed by atoms with Crippen molar-refractivity contribution in [3.05, 3.63) is 63.0 Å². The molecule has 1 amide bonds. The summed E-state index contributed by atoms with van der Waals surface area (Å²) in [5.41, 5.74) is 0.836. The zero-order valence-corrected chi connectivity index (χ0v) is 20.3. The van der Waals surface area contributed by atoms with Crippen LogP contribution in [-0.2, 0) is 16.6 Å². The van der Waals surface area contributed by atoms with Crippen LogP contribution in [0.4, 0.5) is 4.79 Å². The molecule has 1 aliphatic heterocycles. The molecule has 0 aromatic heterocycles. The Morgan fingerprint density at radius 1 is 1.26 bits per heavy atom. The standard InChI is InChI=1S/C20H20Br2N4O4S/c21-15-6-7-18(22)19(8-15)31(29,30)24-16-9-17(26(11-16)13-23)12-25(20(27)28)10-14-4-2-1-3-5-14/h1-8,16-17,24H,9-12H2,(H,27,28)/t16-,17-/m1/s1. The molecule has 164 valence electrons. The van der Waals surface area contributed by atoms with E-state index in [4.69, 9.17) is 0 Å².